The van der Waals surface area contributed by atoms with Gasteiger partial charge in [-0.3, -0.25) is 19.8 Å². The molecule has 2 saturated heterocycles. The predicted octanol–water partition coefficient (Wildman–Crippen LogP) is 8.46. The Kier molecular flexibility index (Phi) is 13.5. The fraction of sp³-hybridized carbons (Fsp3) is 0.467. The van der Waals surface area contributed by atoms with Crippen molar-refractivity contribution >= 4 is 44.0 Å². The van der Waals surface area contributed by atoms with Gasteiger partial charge in [0.25, 0.3) is 28.0 Å². The van der Waals surface area contributed by atoms with Crippen molar-refractivity contribution in [3.8, 4) is 11.5 Å². The molecule has 0 bridgehead atoms. The Balaban J connectivity index is 1.08. The molecular formula is C45H55F3N8O6S. The summed E-state index contributed by atoms with van der Waals surface area (Å²) >= 11 is 0. The van der Waals surface area contributed by atoms with Gasteiger partial charge in [-0.15, -0.1) is 0 Å². The third-order valence-corrected chi connectivity index (χ3v) is 13.8. The maximum Gasteiger partial charge on any atom is 0.293 e. The van der Waals surface area contributed by atoms with E-state index in [0.717, 1.165) is 62.1 Å². The van der Waals surface area contributed by atoms with Gasteiger partial charge >= 0.3 is 0 Å². The molecule has 338 valence electrons. The van der Waals surface area contributed by atoms with Gasteiger partial charge in [0.2, 0.25) is 0 Å². The van der Waals surface area contributed by atoms with Crippen LogP contribution in [0.25, 0.3) is 11.0 Å². The van der Waals surface area contributed by atoms with Crippen LogP contribution in [0.5, 0.6) is 11.5 Å². The number of nitrogens with one attached hydrogen (secondary N) is 3. The number of nitro groups is 1. The summed E-state index contributed by atoms with van der Waals surface area (Å²) in [6.45, 7) is 12.4. The van der Waals surface area contributed by atoms with Crippen molar-refractivity contribution in [2.45, 2.75) is 75.8 Å². The molecular weight excluding hydrogens is 838 g/mol. The molecule has 0 spiro atoms. The Labute approximate surface area is 365 Å². The van der Waals surface area contributed by atoms with E-state index in [0.29, 0.717) is 44.0 Å². The molecule has 7 rings (SSSR count). The van der Waals surface area contributed by atoms with E-state index in [2.05, 4.69) is 50.2 Å². The van der Waals surface area contributed by atoms with Crippen molar-refractivity contribution in [2.75, 3.05) is 69.6 Å². The molecule has 3 N–H and O–H groups in total. The number of benzene rings is 2. The van der Waals surface area contributed by atoms with Crippen LogP contribution in [0.4, 0.5) is 30.2 Å². The number of rotatable bonds is 16. The minimum atomic E-state index is -4.66. The highest BCUT2D eigenvalue weighted by molar-refractivity contribution is 7.90. The topological polar surface area (TPSA) is 166 Å². The summed E-state index contributed by atoms with van der Waals surface area (Å²) in [5.74, 6) is -0.670. The Bertz CT molecular complexity index is 2490. The summed E-state index contributed by atoms with van der Waals surface area (Å²) in [4.78, 5) is 38.6. The van der Waals surface area contributed by atoms with Crippen LogP contribution >= 0.6 is 0 Å². The number of allylic oxidation sites excluding steroid dienone is 2. The first-order chi connectivity index (χ1) is 29.9. The molecule has 4 heterocycles. The number of amides is 1. The van der Waals surface area contributed by atoms with Gasteiger partial charge < -0.3 is 24.8 Å². The third kappa shape index (κ3) is 11.2. The number of anilines is 2. The van der Waals surface area contributed by atoms with E-state index in [-0.39, 0.29) is 53.8 Å². The predicted molar refractivity (Wildman–Crippen MR) is 237 cm³/mol. The highest BCUT2D eigenvalue weighted by atomic mass is 32.2. The number of nitrogens with zero attached hydrogens (tertiary/aromatic N) is 5. The summed E-state index contributed by atoms with van der Waals surface area (Å²) in [5, 5.41) is 15.6. The van der Waals surface area contributed by atoms with Crippen LogP contribution in [-0.4, -0.2) is 111 Å². The monoisotopic (exact) mass is 892 g/mol. The van der Waals surface area contributed by atoms with Crippen LogP contribution in [-0.2, 0) is 10.0 Å². The van der Waals surface area contributed by atoms with Crippen LogP contribution < -0.4 is 19.7 Å². The highest BCUT2D eigenvalue weighted by Gasteiger charge is 2.35. The minimum absolute atomic E-state index is 0.0321. The lowest BCUT2D eigenvalue weighted by atomic mass is 9.73. The number of likely N-dealkylation sites (tertiary alicyclic amines) is 1. The van der Waals surface area contributed by atoms with Gasteiger partial charge in [-0.1, -0.05) is 31.6 Å². The van der Waals surface area contributed by atoms with Gasteiger partial charge in [0.1, 0.15) is 28.5 Å². The van der Waals surface area contributed by atoms with Gasteiger partial charge in [-0.05, 0) is 99.4 Å². The van der Waals surface area contributed by atoms with Gasteiger partial charge in [-0.2, -0.15) is 0 Å². The molecule has 0 atom stereocenters. The zero-order chi connectivity index (χ0) is 45.1. The van der Waals surface area contributed by atoms with Gasteiger partial charge in [0.05, 0.1) is 21.6 Å². The molecule has 0 unspecified atom stereocenters. The molecule has 0 saturated carbocycles. The zero-order valence-electron chi connectivity index (χ0n) is 35.9. The summed E-state index contributed by atoms with van der Waals surface area (Å²) in [6.07, 6.45) is 4.86. The Morgan fingerprint density at radius 3 is 2.49 bits per heavy atom. The number of alkyl halides is 3. The molecule has 0 radical (unpaired) electrons. The first-order valence-corrected chi connectivity index (χ1v) is 22.7. The number of nitro benzene ring substituents is 1. The number of ether oxygens (including phenoxy) is 1. The summed E-state index contributed by atoms with van der Waals surface area (Å²) in [5.41, 5.74) is 1.68. The van der Waals surface area contributed by atoms with Crippen molar-refractivity contribution in [1.29, 1.82) is 0 Å². The third-order valence-electron chi connectivity index (χ3n) is 12.5. The Morgan fingerprint density at radius 1 is 1.03 bits per heavy atom. The molecule has 1 amide bonds. The summed E-state index contributed by atoms with van der Waals surface area (Å²) in [6, 6.07) is 11.6. The van der Waals surface area contributed by atoms with Crippen molar-refractivity contribution in [3.05, 3.63) is 99.9 Å². The smallest absolute Gasteiger partial charge is 0.293 e. The number of sulfonamides is 1. The van der Waals surface area contributed by atoms with Crippen LogP contribution in [0.15, 0.2) is 89.1 Å². The fourth-order valence-electron chi connectivity index (χ4n) is 8.51. The van der Waals surface area contributed by atoms with Crippen molar-refractivity contribution in [3.63, 3.8) is 0 Å². The maximum atomic E-state index is 15.4. The normalized spacial score (nSPS) is 18.4. The van der Waals surface area contributed by atoms with Crippen molar-refractivity contribution < 1.29 is 36.0 Å². The Morgan fingerprint density at radius 2 is 1.78 bits per heavy atom. The number of aromatic nitrogens is 2. The van der Waals surface area contributed by atoms with E-state index in [1.807, 2.05) is 18.0 Å². The number of carbonyl (C=O) groups excluding carboxylic acids is 1. The van der Waals surface area contributed by atoms with Gasteiger partial charge in [0.15, 0.2) is 0 Å². The largest absolute Gasteiger partial charge is 0.455 e. The molecule has 14 nitrogen and oxygen atoms in total. The maximum absolute atomic E-state index is 15.4. The molecule has 2 aliphatic heterocycles. The lowest BCUT2D eigenvalue weighted by molar-refractivity contribution is -0.384. The number of hydrogen-bond acceptors (Lipinski definition) is 11. The van der Waals surface area contributed by atoms with Crippen LogP contribution in [0.1, 0.15) is 69.2 Å². The number of piperazine rings is 1. The lowest BCUT2D eigenvalue weighted by Crippen LogP contribution is -2.47. The summed E-state index contributed by atoms with van der Waals surface area (Å²) < 4.78 is 77.6. The zero-order valence-corrected chi connectivity index (χ0v) is 36.7. The summed E-state index contributed by atoms with van der Waals surface area (Å²) in [7, 11) is -2.77. The molecule has 18 heteroatoms. The highest BCUT2D eigenvalue weighted by Crippen LogP contribution is 2.41. The van der Waals surface area contributed by atoms with Crippen molar-refractivity contribution in [1.82, 2.24) is 24.5 Å². The average molecular weight is 893 g/mol. The number of halogens is 3. The van der Waals surface area contributed by atoms with Crippen LogP contribution in [0.3, 0.4) is 0 Å². The molecule has 2 fully saturated rings. The number of hydrogen-bond donors (Lipinski definition) is 3. The number of H-pyrrole nitrogens is 1. The minimum Gasteiger partial charge on any atom is -0.455 e. The number of carbonyl (C=O) groups is 1. The van der Waals surface area contributed by atoms with E-state index >= 15 is 4.39 Å². The number of piperidine rings is 1. The van der Waals surface area contributed by atoms with E-state index in [1.54, 1.807) is 24.4 Å². The second-order valence-corrected chi connectivity index (χ2v) is 19.5. The Hall–Kier alpha value is -5.46. The van der Waals surface area contributed by atoms with Crippen molar-refractivity contribution in [2.24, 2.45) is 5.41 Å². The van der Waals surface area contributed by atoms with E-state index in [4.69, 9.17) is 4.74 Å². The number of aromatic amines is 1. The van der Waals surface area contributed by atoms with E-state index in [1.165, 1.54) is 29.5 Å². The quantitative estimate of drug-likeness (QED) is 0.0561. The molecule has 3 aliphatic rings. The lowest BCUT2D eigenvalue weighted by Gasteiger charge is -2.39. The molecule has 1 aliphatic carbocycles. The number of pyridine rings is 1. The van der Waals surface area contributed by atoms with Gasteiger partial charge in [0, 0.05) is 81.8 Å². The molecule has 4 aromatic rings. The van der Waals surface area contributed by atoms with E-state index in [9.17, 15) is 32.1 Å². The molecule has 63 heavy (non-hydrogen) atoms. The molecule has 2 aromatic carbocycles. The fourth-order valence-corrected chi connectivity index (χ4v) is 9.50. The van der Waals surface area contributed by atoms with Gasteiger partial charge in [-0.25, -0.2) is 31.3 Å². The second kappa shape index (κ2) is 18.7. The van der Waals surface area contributed by atoms with Crippen LogP contribution in [0.2, 0.25) is 0 Å². The number of fused-ring (bicyclic) bond motifs is 1. The second-order valence-electron chi connectivity index (χ2n) is 17.8. The molecule has 2 aromatic heterocycles. The van der Waals surface area contributed by atoms with Crippen LogP contribution in [0, 0.1) is 15.5 Å². The average Bonchev–Trinajstić information content (AvgIpc) is 3.72. The first-order valence-electron chi connectivity index (χ1n) is 21.2. The standard InChI is InChI=1S/C45H55F3N8O6S/c1-30(41(46)47)5-6-32-26-44(2,3)13-11-33(32)28-54-19-21-55(22-20-54)34-7-9-37(40(24-34)62-35-23-31-12-16-49-42(31)50-27-35)43(57)52-63(60,61)36-8-10-38(39(25-36)56(58)59)51-29-45(48)14-17-53(4)18-15-45/h7-10,12,16,23-25,27,41,51H,1,5-6,11,13-15,17-22,26,28-29H2,2-4H3,(H,49,50)(H,52,57). The first kappa shape index (κ1) is 45.6. The van der Waals surface area contributed by atoms with E-state index < -0.39 is 43.5 Å². The SMILES string of the molecule is C=C(CCC1=C(CN2CCN(c3ccc(C(=O)NS(=O)(=O)c4ccc(NCC5(F)CCN(C)CC5)c([N+](=O)[O-])c4)c(Oc4cnc5[nH]ccc5c4)c3)CC2)CCC(C)(C)C1)C(F)F.